The van der Waals surface area contributed by atoms with E-state index >= 15 is 0 Å². The first kappa shape index (κ1) is 16.8. The first-order chi connectivity index (χ1) is 8.11. The summed E-state index contributed by atoms with van der Waals surface area (Å²) in [5.74, 6) is -4.92. The average molecular weight is 286 g/mol. The maximum Gasteiger partial charge on any atom is 0.508 e. The summed E-state index contributed by atoms with van der Waals surface area (Å²) in [4.78, 5) is 10.5. The van der Waals surface area contributed by atoms with Crippen molar-refractivity contribution in [1.82, 2.24) is 0 Å². The molecule has 108 valence electrons. The molecule has 1 unspecified atom stereocenters. The standard InChI is InChI=1S/C8H9F7O3/c9-2-1-3-17-6(16)18-4-7(11,12)5(10)8(13,14)15/h5H,1-4H2. The van der Waals surface area contributed by atoms with Crippen LogP contribution in [0.25, 0.3) is 0 Å². The summed E-state index contributed by atoms with van der Waals surface area (Å²) in [7, 11) is 0. The molecule has 0 saturated heterocycles. The lowest BCUT2D eigenvalue weighted by atomic mass is 10.2. The molecule has 0 N–H and O–H groups in total. The van der Waals surface area contributed by atoms with E-state index in [9.17, 15) is 35.5 Å². The molecule has 0 spiro atoms. The SMILES string of the molecule is O=C(OCCCF)OCC(F)(F)C(F)C(F)(F)F. The van der Waals surface area contributed by atoms with E-state index in [1.165, 1.54) is 0 Å². The van der Waals surface area contributed by atoms with Gasteiger partial charge in [0.1, 0.15) is 0 Å². The van der Waals surface area contributed by atoms with Crippen molar-refractivity contribution in [3.8, 4) is 0 Å². The summed E-state index contributed by atoms with van der Waals surface area (Å²) >= 11 is 0. The Morgan fingerprint density at radius 2 is 1.67 bits per heavy atom. The molecule has 1 atom stereocenters. The van der Waals surface area contributed by atoms with Crippen LogP contribution in [0.4, 0.5) is 35.5 Å². The van der Waals surface area contributed by atoms with Gasteiger partial charge in [0.25, 0.3) is 6.17 Å². The third-order valence-electron chi connectivity index (χ3n) is 1.54. The summed E-state index contributed by atoms with van der Waals surface area (Å²) in [5, 5.41) is 0. The van der Waals surface area contributed by atoms with Gasteiger partial charge in [-0.25, -0.2) is 9.18 Å². The smallest absolute Gasteiger partial charge is 0.434 e. The fourth-order valence-electron chi connectivity index (χ4n) is 0.719. The second-order valence-electron chi connectivity index (χ2n) is 3.09. The van der Waals surface area contributed by atoms with Gasteiger partial charge < -0.3 is 9.47 Å². The molecule has 0 fully saturated rings. The molecule has 3 nitrogen and oxygen atoms in total. The van der Waals surface area contributed by atoms with Crippen LogP contribution in [0.15, 0.2) is 0 Å². The van der Waals surface area contributed by atoms with E-state index in [0.29, 0.717) is 0 Å². The highest BCUT2D eigenvalue weighted by Crippen LogP contribution is 2.35. The number of carbonyl (C=O) groups excluding carboxylic acids is 1. The van der Waals surface area contributed by atoms with Crippen molar-refractivity contribution in [2.45, 2.75) is 24.7 Å². The summed E-state index contributed by atoms with van der Waals surface area (Å²) < 4.78 is 91.5. The first-order valence-electron chi connectivity index (χ1n) is 4.55. The Hall–Kier alpha value is -1.22. The predicted molar refractivity (Wildman–Crippen MR) is 43.8 cm³/mol. The monoisotopic (exact) mass is 286 g/mol. The van der Waals surface area contributed by atoms with Gasteiger partial charge >= 0.3 is 18.3 Å². The number of ether oxygens (including phenoxy) is 2. The minimum atomic E-state index is -5.77. The van der Waals surface area contributed by atoms with Gasteiger partial charge in [0.15, 0.2) is 6.61 Å². The van der Waals surface area contributed by atoms with Crippen LogP contribution in [0, 0.1) is 0 Å². The van der Waals surface area contributed by atoms with Crippen molar-refractivity contribution < 1.29 is 45.0 Å². The normalized spacial score (nSPS) is 14.2. The zero-order chi connectivity index (χ0) is 14.4. The number of alkyl halides is 7. The lowest BCUT2D eigenvalue weighted by molar-refractivity contribution is -0.252. The zero-order valence-electron chi connectivity index (χ0n) is 8.78. The number of hydrogen-bond donors (Lipinski definition) is 0. The molecule has 0 radical (unpaired) electrons. The van der Waals surface area contributed by atoms with Crippen LogP contribution in [0.1, 0.15) is 6.42 Å². The Kier molecular flexibility index (Phi) is 6.19. The van der Waals surface area contributed by atoms with E-state index in [0.717, 1.165) is 0 Å². The highest BCUT2D eigenvalue weighted by molar-refractivity contribution is 5.59. The number of halogens is 7. The molecule has 0 heterocycles. The predicted octanol–water partition coefficient (Wildman–Crippen LogP) is 3.03. The summed E-state index contributed by atoms with van der Waals surface area (Å²) in [5.41, 5.74) is 0. The number of carbonyl (C=O) groups is 1. The molecular formula is C8H9F7O3. The lowest BCUT2D eigenvalue weighted by Crippen LogP contribution is -2.45. The van der Waals surface area contributed by atoms with Gasteiger partial charge in [-0.2, -0.15) is 22.0 Å². The van der Waals surface area contributed by atoms with Crippen molar-refractivity contribution in [1.29, 1.82) is 0 Å². The largest absolute Gasteiger partial charge is 0.508 e. The van der Waals surface area contributed by atoms with Crippen molar-refractivity contribution in [2.75, 3.05) is 19.9 Å². The molecule has 0 amide bonds. The van der Waals surface area contributed by atoms with Crippen molar-refractivity contribution in [3.05, 3.63) is 0 Å². The van der Waals surface area contributed by atoms with E-state index < -0.39 is 44.3 Å². The fraction of sp³-hybridized carbons (Fsp3) is 0.875. The summed E-state index contributed by atoms with van der Waals surface area (Å²) in [6.07, 6.45) is -12.2. The molecule has 18 heavy (non-hydrogen) atoms. The van der Waals surface area contributed by atoms with Crippen LogP contribution >= 0.6 is 0 Å². The molecule has 0 aromatic heterocycles. The second-order valence-corrected chi connectivity index (χ2v) is 3.09. The van der Waals surface area contributed by atoms with Crippen molar-refractivity contribution >= 4 is 6.16 Å². The van der Waals surface area contributed by atoms with Crippen LogP contribution in [-0.4, -0.2) is 44.3 Å². The molecule has 10 heteroatoms. The van der Waals surface area contributed by atoms with Crippen LogP contribution < -0.4 is 0 Å². The van der Waals surface area contributed by atoms with E-state index in [-0.39, 0.29) is 6.42 Å². The first-order valence-corrected chi connectivity index (χ1v) is 4.55. The maximum atomic E-state index is 12.6. The molecule has 0 aliphatic heterocycles. The molecule has 0 aromatic rings. The van der Waals surface area contributed by atoms with Crippen molar-refractivity contribution in [3.63, 3.8) is 0 Å². The summed E-state index contributed by atoms with van der Waals surface area (Å²) in [6.45, 7) is -3.45. The molecule has 0 aliphatic carbocycles. The van der Waals surface area contributed by atoms with Crippen LogP contribution in [0.2, 0.25) is 0 Å². The van der Waals surface area contributed by atoms with Crippen LogP contribution in [0.5, 0.6) is 0 Å². The Balaban J connectivity index is 4.14. The fourth-order valence-corrected chi connectivity index (χ4v) is 0.719. The molecule has 0 aromatic carbocycles. The quantitative estimate of drug-likeness (QED) is 0.428. The van der Waals surface area contributed by atoms with Gasteiger partial charge in [-0.15, -0.1) is 0 Å². The van der Waals surface area contributed by atoms with Gasteiger partial charge in [-0.05, 0) is 0 Å². The van der Waals surface area contributed by atoms with E-state index in [1.807, 2.05) is 0 Å². The minimum absolute atomic E-state index is 0.222. The van der Waals surface area contributed by atoms with Gasteiger partial charge in [0, 0.05) is 6.42 Å². The Labute approximate surface area is 96.8 Å². The molecular weight excluding hydrogens is 277 g/mol. The second kappa shape index (κ2) is 6.64. The Morgan fingerprint density at radius 1 is 1.11 bits per heavy atom. The maximum absolute atomic E-state index is 12.6. The zero-order valence-corrected chi connectivity index (χ0v) is 8.78. The highest BCUT2D eigenvalue weighted by atomic mass is 19.4. The third-order valence-corrected chi connectivity index (χ3v) is 1.54. The number of rotatable bonds is 6. The van der Waals surface area contributed by atoms with Gasteiger partial charge in [-0.1, -0.05) is 0 Å². The molecule has 0 rings (SSSR count). The minimum Gasteiger partial charge on any atom is -0.434 e. The summed E-state index contributed by atoms with van der Waals surface area (Å²) in [6, 6.07) is 0. The van der Waals surface area contributed by atoms with Gasteiger partial charge in [0.2, 0.25) is 0 Å². The lowest BCUT2D eigenvalue weighted by Gasteiger charge is -2.21. The molecule has 0 aliphatic rings. The van der Waals surface area contributed by atoms with E-state index in [1.54, 1.807) is 0 Å². The Morgan fingerprint density at radius 3 is 2.11 bits per heavy atom. The van der Waals surface area contributed by atoms with Crippen LogP contribution in [-0.2, 0) is 9.47 Å². The van der Waals surface area contributed by atoms with E-state index in [2.05, 4.69) is 9.47 Å². The van der Waals surface area contributed by atoms with Crippen LogP contribution in [0.3, 0.4) is 0 Å². The molecule has 0 saturated carbocycles. The number of hydrogen-bond acceptors (Lipinski definition) is 3. The third kappa shape index (κ3) is 5.92. The van der Waals surface area contributed by atoms with Gasteiger partial charge in [0.05, 0.1) is 13.3 Å². The average Bonchev–Trinajstić information content (AvgIpc) is 2.24. The topological polar surface area (TPSA) is 35.5 Å². The van der Waals surface area contributed by atoms with Crippen molar-refractivity contribution in [2.24, 2.45) is 0 Å². The highest BCUT2D eigenvalue weighted by Gasteiger charge is 2.57. The van der Waals surface area contributed by atoms with E-state index in [4.69, 9.17) is 0 Å². The molecule has 0 bridgehead atoms. The Bertz CT molecular complexity index is 266. The van der Waals surface area contributed by atoms with Gasteiger partial charge in [-0.3, -0.25) is 4.39 Å².